The fraction of sp³-hybridized carbons (Fsp3) is 0.400. The zero-order chi connectivity index (χ0) is 13.9. The topological polar surface area (TPSA) is 126 Å². The Morgan fingerprint density at radius 1 is 1.61 bits per heavy atom. The van der Waals surface area contributed by atoms with Crippen LogP contribution < -0.4 is 5.32 Å². The molecule has 0 bridgehead atoms. The molecule has 1 aromatic heterocycles. The lowest BCUT2D eigenvalue weighted by Gasteiger charge is -2.23. The quantitative estimate of drug-likeness (QED) is 0.526. The van der Waals surface area contributed by atoms with Gasteiger partial charge in [0.25, 0.3) is 0 Å². The summed E-state index contributed by atoms with van der Waals surface area (Å²) in [6.07, 6.45) is 1.02. The van der Waals surface area contributed by atoms with E-state index in [0.29, 0.717) is 0 Å². The van der Waals surface area contributed by atoms with E-state index in [1.165, 1.54) is 0 Å². The molecule has 8 heteroatoms. The molecule has 0 spiro atoms. The lowest BCUT2D eigenvalue weighted by atomic mass is 10.1. The van der Waals surface area contributed by atoms with Crippen molar-refractivity contribution in [1.82, 2.24) is 4.98 Å². The molecule has 1 heterocycles. The van der Waals surface area contributed by atoms with E-state index >= 15 is 0 Å². The number of aromatic carboxylic acids is 1. The van der Waals surface area contributed by atoms with E-state index in [0.717, 1.165) is 12.3 Å². The second-order valence-corrected chi connectivity index (χ2v) is 4.32. The van der Waals surface area contributed by atoms with Crippen molar-refractivity contribution in [2.24, 2.45) is 0 Å². The first-order valence-corrected chi connectivity index (χ1v) is 5.03. The van der Waals surface area contributed by atoms with Gasteiger partial charge in [0.05, 0.1) is 22.6 Å². The fourth-order valence-electron chi connectivity index (χ4n) is 1.17. The number of rotatable bonds is 5. The zero-order valence-corrected chi connectivity index (χ0v) is 9.88. The van der Waals surface area contributed by atoms with Gasteiger partial charge in [-0.1, -0.05) is 0 Å². The van der Waals surface area contributed by atoms with E-state index in [2.05, 4.69) is 10.3 Å². The highest BCUT2D eigenvalue weighted by molar-refractivity contribution is 5.88. The Bertz CT molecular complexity index is 486. The number of nitro groups is 1. The number of nitrogens with one attached hydrogen (secondary N) is 1. The maximum absolute atomic E-state index is 10.8. The van der Waals surface area contributed by atoms with E-state index in [9.17, 15) is 14.9 Å². The van der Waals surface area contributed by atoms with E-state index in [1.54, 1.807) is 13.8 Å². The summed E-state index contributed by atoms with van der Waals surface area (Å²) in [5, 5.41) is 31.3. The number of aliphatic hydroxyl groups is 1. The largest absolute Gasteiger partial charge is 0.478 e. The molecule has 1 rings (SSSR count). The number of nitrogens with zero attached hydrogens (tertiary/aromatic N) is 2. The Morgan fingerprint density at radius 2 is 2.22 bits per heavy atom. The van der Waals surface area contributed by atoms with Crippen LogP contribution in [0.25, 0.3) is 0 Å². The first-order chi connectivity index (χ1) is 8.26. The van der Waals surface area contributed by atoms with Crippen LogP contribution in [0.5, 0.6) is 0 Å². The number of aromatic nitrogens is 1. The Morgan fingerprint density at radius 3 is 2.67 bits per heavy atom. The van der Waals surface area contributed by atoms with Crippen LogP contribution in [-0.2, 0) is 0 Å². The minimum atomic E-state index is -1.29. The second kappa shape index (κ2) is 4.96. The van der Waals surface area contributed by atoms with E-state index < -0.39 is 22.1 Å². The number of carbonyl (C=O) groups is 1. The van der Waals surface area contributed by atoms with Crippen molar-refractivity contribution in [3.8, 4) is 0 Å². The van der Waals surface area contributed by atoms with Crippen molar-refractivity contribution in [2.45, 2.75) is 19.4 Å². The molecule has 0 aliphatic rings. The minimum absolute atomic E-state index is 0.0796. The number of anilines is 1. The molecule has 0 aliphatic carbocycles. The summed E-state index contributed by atoms with van der Waals surface area (Å²) in [5.74, 6) is -1.37. The Balaban J connectivity index is 3.20. The number of hydrogen-bond donors (Lipinski definition) is 3. The number of pyridine rings is 1. The van der Waals surface area contributed by atoms with Gasteiger partial charge < -0.3 is 15.5 Å². The van der Waals surface area contributed by atoms with E-state index in [4.69, 9.17) is 10.2 Å². The first-order valence-electron chi connectivity index (χ1n) is 5.03. The van der Waals surface area contributed by atoms with Gasteiger partial charge in [0.1, 0.15) is 0 Å². The molecule has 0 radical (unpaired) electrons. The molecular formula is C10H13N3O5. The second-order valence-electron chi connectivity index (χ2n) is 4.32. The van der Waals surface area contributed by atoms with Gasteiger partial charge in [-0.25, -0.2) is 9.78 Å². The van der Waals surface area contributed by atoms with Gasteiger partial charge >= 0.3 is 11.7 Å². The fourth-order valence-corrected chi connectivity index (χ4v) is 1.17. The third-order valence-electron chi connectivity index (χ3n) is 2.16. The van der Waals surface area contributed by atoms with Crippen molar-refractivity contribution in [3.63, 3.8) is 0 Å². The average Bonchev–Trinajstić information content (AvgIpc) is 2.28. The third kappa shape index (κ3) is 3.14. The van der Waals surface area contributed by atoms with E-state index in [-0.39, 0.29) is 18.0 Å². The zero-order valence-electron chi connectivity index (χ0n) is 9.88. The van der Waals surface area contributed by atoms with Gasteiger partial charge in [-0.15, -0.1) is 0 Å². The van der Waals surface area contributed by atoms with Crippen molar-refractivity contribution < 1.29 is 19.9 Å². The van der Waals surface area contributed by atoms with Crippen LogP contribution in [0, 0.1) is 10.1 Å². The molecule has 0 saturated heterocycles. The summed E-state index contributed by atoms with van der Waals surface area (Å²) in [6, 6.07) is 0.922. The molecule has 0 fully saturated rings. The first kappa shape index (κ1) is 13.8. The predicted octanol–water partition coefficient (Wildman–Crippen LogP) is 0.871. The molecule has 0 unspecified atom stereocenters. The summed E-state index contributed by atoms with van der Waals surface area (Å²) in [7, 11) is 0. The maximum Gasteiger partial charge on any atom is 0.337 e. The summed E-state index contributed by atoms with van der Waals surface area (Å²) < 4.78 is 0. The molecule has 1 aromatic rings. The molecule has 18 heavy (non-hydrogen) atoms. The number of carboxylic acid groups (broad SMARTS) is 1. The molecule has 0 saturated carbocycles. The van der Waals surface area contributed by atoms with Gasteiger partial charge in [0, 0.05) is 12.3 Å². The Kier molecular flexibility index (Phi) is 3.82. The Hall–Kier alpha value is -2.22. The van der Waals surface area contributed by atoms with Crippen molar-refractivity contribution in [3.05, 3.63) is 27.9 Å². The normalized spacial score (nSPS) is 11.1. The molecule has 8 nitrogen and oxygen atoms in total. The van der Waals surface area contributed by atoms with Crippen LogP contribution in [0.2, 0.25) is 0 Å². The highest BCUT2D eigenvalue weighted by Crippen LogP contribution is 2.25. The van der Waals surface area contributed by atoms with Crippen molar-refractivity contribution in [2.75, 3.05) is 11.9 Å². The van der Waals surface area contributed by atoms with Gasteiger partial charge in [-0.3, -0.25) is 10.1 Å². The molecule has 0 aliphatic heterocycles. The standard InChI is InChI=1S/C10H13N3O5/c1-10(2,5-14)12-8-7(13(17)18)3-6(4-11-8)9(15)16/h3-4,14H,5H2,1-2H3,(H,11,12)(H,15,16). The molecule has 3 N–H and O–H groups in total. The van der Waals surface area contributed by atoms with Crippen molar-refractivity contribution >= 4 is 17.5 Å². The van der Waals surface area contributed by atoms with Crippen LogP contribution in [0.15, 0.2) is 12.3 Å². The monoisotopic (exact) mass is 255 g/mol. The minimum Gasteiger partial charge on any atom is -0.478 e. The molecule has 0 amide bonds. The molecule has 98 valence electrons. The van der Waals surface area contributed by atoms with Gasteiger partial charge in [-0.2, -0.15) is 0 Å². The number of carboxylic acids is 1. The molecule has 0 aromatic carbocycles. The van der Waals surface area contributed by atoms with E-state index in [1.807, 2.05) is 0 Å². The lowest BCUT2D eigenvalue weighted by molar-refractivity contribution is -0.384. The SMILES string of the molecule is CC(C)(CO)Nc1ncc(C(=O)O)cc1[N+](=O)[O-]. The van der Waals surface area contributed by atoms with Crippen LogP contribution in [0.1, 0.15) is 24.2 Å². The van der Waals surface area contributed by atoms with Crippen molar-refractivity contribution in [1.29, 1.82) is 0 Å². The van der Waals surface area contributed by atoms with Crippen LogP contribution in [0.4, 0.5) is 11.5 Å². The lowest BCUT2D eigenvalue weighted by Crippen LogP contribution is -2.35. The predicted molar refractivity (Wildman–Crippen MR) is 62.6 cm³/mol. The summed E-state index contributed by atoms with van der Waals surface area (Å²) in [5.41, 5.74) is -1.52. The highest BCUT2D eigenvalue weighted by atomic mass is 16.6. The molecular weight excluding hydrogens is 242 g/mol. The third-order valence-corrected chi connectivity index (χ3v) is 2.16. The van der Waals surface area contributed by atoms with Crippen LogP contribution >= 0.6 is 0 Å². The average molecular weight is 255 g/mol. The summed E-state index contributed by atoms with van der Waals surface area (Å²) >= 11 is 0. The number of hydrogen-bond acceptors (Lipinski definition) is 6. The van der Waals surface area contributed by atoms with Gasteiger partial charge in [0.15, 0.2) is 0 Å². The highest BCUT2D eigenvalue weighted by Gasteiger charge is 2.24. The van der Waals surface area contributed by atoms with Crippen LogP contribution in [0.3, 0.4) is 0 Å². The van der Waals surface area contributed by atoms with Crippen LogP contribution in [-0.4, -0.2) is 38.2 Å². The molecule has 0 atom stereocenters. The maximum atomic E-state index is 10.8. The summed E-state index contributed by atoms with van der Waals surface area (Å²) in [6.45, 7) is 3.00. The number of aliphatic hydroxyl groups excluding tert-OH is 1. The van der Waals surface area contributed by atoms with Gasteiger partial charge in [-0.05, 0) is 13.8 Å². The summed E-state index contributed by atoms with van der Waals surface area (Å²) in [4.78, 5) is 24.5. The van der Waals surface area contributed by atoms with Gasteiger partial charge in [0.2, 0.25) is 5.82 Å². The Labute approximate surface area is 102 Å². The smallest absolute Gasteiger partial charge is 0.337 e.